The van der Waals surface area contributed by atoms with Crippen molar-refractivity contribution < 1.29 is 14.3 Å². The molecule has 0 spiro atoms. The maximum Gasteiger partial charge on any atom is 0.331 e. The Morgan fingerprint density at radius 2 is 2.00 bits per heavy atom. The molecule has 1 heterocycles. The van der Waals surface area contributed by atoms with E-state index < -0.39 is 18.0 Å². The first-order chi connectivity index (χ1) is 11.8. The van der Waals surface area contributed by atoms with Crippen LogP contribution in [0.4, 0.5) is 5.69 Å². The topological polar surface area (TPSA) is 73.2 Å². The van der Waals surface area contributed by atoms with Crippen molar-refractivity contribution >= 4 is 35.2 Å². The van der Waals surface area contributed by atoms with Gasteiger partial charge in [-0.3, -0.25) is 9.48 Å². The van der Waals surface area contributed by atoms with Gasteiger partial charge in [-0.1, -0.05) is 29.8 Å². The number of nitrogens with zero attached hydrogens (tertiary/aromatic N) is 2. The Hall–Kier alpha value is -2.60. The van der Waals surface area contributed by atoms with E-state index in [1.165, 1.54) is 13.0 Å². The fourth-order valence-corrected chi connectivity index (χ4v) is 2.41. The number of carbonyl (C=O) groups is 2. The van der Waals surface area contributed by atoms with Gasteiger partial charge in [-0.15, -0.1) is 0 Å². The summed E-state index contributed by atoms with van der Waals surface area (Å²) >= 11 is 6.01. The van der Waals surface area contributed by atoms with Crippen molar-refractivity contribution in [2.24, 2.45) is 7.05 Å². The van der Waals surface area contributed by atoms with Gasteiger partial charge in [0.1, 0.15) is 0 Å². The third kappa shape index (κ3) is 4.70. The lowest BCUT2D eigenvalue weighted by atomic mass is 10.2. The van der Waals surface area contributed by atoms with Crippen LogP contribution in [-0.4, -0.2) is 27.8 Å². The minimum atomic E-state index is -0.942. The fraction of sp³-hybridized carbons (Fsp3) is 0.278. The Morgan fingerprint density at radius 3 is 2.60 bits per heavy atom. The van der Waals surface area contributed by atoms with E-state index in [9.17, 15) is 9.59 Å². The van der Waals surface area contributed by atoms with Crippen LogP contribution in [0.25, 0.3) is 6.08 Å². The molecule has 0 aliphatic rings. The van der Waals surface area contributed by atoms with E-state index in [2.05, 4.69) is 10.4 Å². The van der Waals surface area contributed by atoms with E-state index in [0.29, 0.717) is 22.0 Å². The number of aryl methyl sites for hydroxylation is 2. The molecule has 6 nitrogen and oxygen atoms in total. The number of anilines is 1. The molecule has 2 aromatic rings. The minimum absolute atomic E-state index is 0.418. The molecule has 0 aliphatic carbocycles. The lowest BCUT2D eigenvalue weighted by molar-refractivity contribution is -0.148. The van der Waals surface area contributed by atoms with Crippen LogP contribution >= 0.6 is 11.6 Å². The number of benzene rings is 1. The average molecular weight is 362 g/mol. The van der Waals surface area contributed by atoms with Crippen LogP contribution in [0, 0.1) is 13.8 Å². The second kappa shape index (κ2) is 7.98. The van der Waals surface area contributed by atoms with Gasteiger partial charge in [-0.05, 0) is 38.5 Å². The lowest BCUT2D eigenvalue weighted by Crippen LogP contribution is -2.29. The first kappa shape index (κ1) is 18.7. The lowest BCUT2D eigenvalue weighted by Gasteiger charge is -2.12. The largest absolute Gasteiger partial charge is 0.449 e. The molecular formula is C18H20ClN3O3. The first-order valence-electron chi connectivity index (χ1n) is 7.74. The monoisotopic (exact) mass is 361 g/mol. The third-order valence-electron chi connectivity index (χ3n) is 3.72. The van der Waals surface area contributed by atoms with E-state index in [1.54, 1.807) is 42.9 Å². The SMILES string of the molecule is Cc1nn(C)c(C)c1NC(=O)[C@H](C)OC(=O)/C=C/c1ccccc1Cl. The number of esters is 1. The molecule has 1 aromatic heterocycles. The summed E-state index contributed by atoms with van der Waals surface area (Å²) in [6, 6.07) is 7.11. The molecule has 0 radical (unpaired) electrons. The number of halogens is 1. The predicted octanol–water partition coefficient (Wildman–Crippen LogP) is 3.27. The number of aromatic nitrogens is 2. The summed E-state index contributed by atoms with van der Waals surface area (Å²) in [5.41, 5.74) is 2.84. The van der Waals surface area contributed by atoms with E-state index in [4.69, 9.17) is 16.3 Å². The van der Waals surface area contributed by atoms with E-state index in [0.717, 1.165) is 5.69 Å². The van der Waals surface area contributed by atoms with E-state index >= 15 is 0 Å². The van der Waals surface area contributed by atoms with Crippen molar-refractivity contribution in [1.29, 1.82) is 0 Å². The van der Waals surface area contributed by atoms with Crippen LogP contribution in [0.15, 0.2) is 30.3 Å². The van der Waals surface area contributed by atoms with Crippen molar-refractivity contribution in [2.75, 3.05) is 5.32 Å². The van der Waals surface area contributed by atoms with Crippen molar-refractivity contribution in [2.45, 2.75) is 26.9 Å². The number of rotatable bonds is 5. The second-order valence-electron chi connectivity index (χ2n) is 5.59. The standard InChI is InChI=1S/C18H20ClN3O3/c1-11-17(12(2)22(4)21-11)20-18(24)13(3)25-16(23)10-9-14-7-5-6-8-15(14)19/h5-10,13H,1-4H3,(H,20,24)/b10-9+/t13-/m0/s1. The zero-order valence-corrected chi connectivity index (χ0v) is 15.3. The highest BCUT2D eigenvalue weighted by molar-refractivity contribution is 6.32. The predicted molar refractivity (Wildman–Crippen MR) is 97.4 cm³/mol. The van der Waals surface area contributed by atoms with Crippen molar-refractivity contribution in [3.63, 3.8) is 0 Å². The van der Waals surface area contributed by atoms with Gasteiger partial charge in [0.15, 0.2) is 6.10 Å². The number of hydrogen-bond acceptors (Lipinski definition) is 4. The van der Waals surface area contributed by atoms with Crippen molar-refractivity contribution in [3.05, 3.63) is 52.3 Å². The van der Waals surface area contributed by atoms with Gasteiger partial charge in [0.25, 0.3) is 5.91 Å². The molecule has 0 aliphatic heterocycles. The summed E-state index contributed by atoms with van der Waals surface area (Å²) in [4.78, 5) is 24.1. The van der Waals surface area contributed by atoms with Crippen LogP contribution in [0.1, 0.15) is 23.9 Å². The quantitative estimate of drug-likeness (QED) is 0.655. The summed E-state index contributed by atoms with van der Waals surface area (Å²) in [5.74, 6) is -1.04. The molecule has 7 heteroatoms. The average Bonchev–Trinajstić information content (AvgIpc) is 2.80. The number of amides is 1. The Morgan fingerprint density at radius 1 is 1.32 bits per heavy atom. The van der Waals surface area contributed by atoms with Gasteiger partial charge in [0.05, 0.1) is 17.1 Å². The molecule has 0 saturated carbocycles. The molecule has 1 atom stereocenters. The molecule has 132 valence electrons. The summed E-state index contributed by atoms with van der Waals surface area (Å²) in [6.07, 6.45) is 1.85. The molecule has 0 bridgehead atoms. The number of carbonyl (C=O) groups excluding carboxylic acids is 2. The Bertz CT molecular complexity index is 827. The third-order valence-corrected chi connectivity index (χ3v) is 4.07. The zero-order chi connectivity index (χ0) is 18.6. The number of nitrogens with one attached hydrogen (secondary N) is 1. The van der Waals surface area contributed by atoms with Crippen molar-refractivity contribution in [1.82, 2.24) is 9.78 Å². The molecule has 1 N–H and O–H groups in total. The molecule has 0 saturated heterocycles. The highest BCUT2D eigenvalue weighted by Crippen LogP contribution is 2.19. The molecular weight excluding hydrogens is 342 g/mol. The summed E-state index contributed by atoms with van der Waals surface area (Å²) in [6.45, 7) is 5.15. The number of ether oxygens (including phenoxy) is 1. The molecule has 2 rings (SSSR count). The molecule has 1 aromatic carbocycles. The molecule has 0 unspecified atom stereocenters. The summed E-state index contributed by atoms with van der Waals surface area (Å²) in [5, 5.41) is 7.50. The fourth-order valence-electron chi connectivity index (χ4n) is 2.21. The number of hydrogen-bond donors (Lipinski definition) is 1. The minimum Gasteiger partial charge on any atom is -0.449 e. The summed E-state index contributed by atoms with van der Waals surface area (Å²) in [7, 11) is 1.79. The summed E-state index contributed by atoms with van der Waals surface area (Å²) < 4.78 is 6.80. The van der Waals surface area contributed by atoms with Gasteiger partial charge in [0, 0.05) is 18.1 Å². The maximum absolute atomic E-state index is 12.2. The maximum atomic E-state index is 12.2. The van der Waals surface area contributed by atoms with Gasteiger partial charge >= 0.3 is 5.97 Å². The van der Waals surface area contributed by atoms with Gasteiger partial charge in [0.2, 0.25) is 0 Å². The van der Waals surface area contributed by atoms with E-state index in [-0.39, 0.29) is 0 Å². The second-order valence-corrected chi connectivity index (χ2v) is 6.00. The van der Waals surface area contributed by atoms with E-state index in [1.807, 2.05) is 13.0 Å². The smallest absolute Gasteiger partial charge is 0.331 e. The van der Waals surface area contributed by atoms with Crippen LogP contribution in [0.2, 0.25) is 5.02 Å². The van der Waals surface area contributed by atoms with Gasteiger partial charge in [-0.25, -0.2) is 4.79 Å². The highest BCUT2D eigenvalue weighted by Gasteiger charge is 2.20. The zero-order valence-electron chi connectivity index (χ0n) is 14.5. The Balaban J connectivity index is 1.96. The normalized spacial score (nSPS) is 12.2. The Labute approximate surface area is 151 Å². The van der Waals surface area contributed by atoms with Crippen LogP contribution in [-0.2, 0) is 21.4 Å². The highest BCUT2D eigenvalue weighted by atomic mass is 35.5. The molecule has 1 amide bonds. The molecule has 0 fully saturated rings. The van der Waals surface area contributed by atoms with Crippen LogP contribution in [0.5, 0.6) is 0 Å². The van der Waals surface area contributed by atoms with Crippen molar-refractivity contribution in [3.8, 4) is 0 Å². The van der Waals surface area contributed by atoms with Crippen LogP contribution in [0.3, 0.4) is 0 Å². The van der Waals surface area contributed by atoms with Crippen LogP contribution < -0.4 is 5.32 Å². The molecule has 25 heavy (non-hydrogen) atoms. The Kier molecular flexibility index (Phi) is 5.98. The van der Waals surface area contributed by atoms with Gasteiger partial charge in [-0.2, -0.15) is 5.10 Å². The van der Waals surface area contributed by atoms with Gasteiger partial charge < -0.3 is 10.1 Å². The first-order valence-corrected chi connectivity index (χ1v) is 8.11.